The Balaban J connectivity index is 2.11. The van der Waals surface area contributed by atoms with Crippen molar-refractivity contribution in [1.82, 2.24) is 4.40 Å². The monoisotopic (exact) mass is 349 g/mol. The summed E-state index contributed by atoms with van der Waals surface area (Å²) >= 11 is 0. The first-order valence-corrected chi connectivity index (χ1v) is 8.81. The second-order valence-corrected chi connectivity index (χ2v) is 5.85. The van der Waals surface area contributed by atoms with Crippen molar-refractivity contribution in [2.45, 2.75) is 20.0 Å². The second kappa shape index (κ2) is 8.50. The van der Waals surface area contributed by atoms with E-state index in [1.54, 1.807) is 0 Å². The van der Waals surface area contributed by atoms with E-state index < -0.39 is 0 Å². The number of esters is 1. The topological polar surface area (TPSA) is 39.9 Å². The Labute approximate surface area is 153 Å². The molecule has 0 aliphatic rings. The summed E-state index contributed by atoms with van der Waals surface area (Å²) in [6, 6.07) is 17.7. The number of pyridine rings is 1. The number of ether oxygens (including phenoxy) is 2. The molecule has 4 nitrogen and oxygen atoms in total. The van der Waals surface area contributed by atoms with Gasteiger partial charge in [-0.3, -0.25) is 0 Å². The second-order valence-electron chi connectivity index (χ2n) is 5.85. The molecule has 0 bridgehead atoms. The lowest BCUT2D eigenvalue weighted by atomic mass is 10.1. The molecule has 2 aromatic heterocycles. The molecule has 0 saturated heterocycles. The summed E-state index contributed by atoms with van der Waals surface area (Å²) in [5.41, 5.74) is 3.31. The first-order valence-electron chi connectivity index (χ1n) is 8.81. The summed E-state index contributed by atoms with van der Waals surface area (Å²) in [4.78, 5) is 12.4. The Bertz CT molecular complexity index is 896. The summed E-state index contributed by atoms with van der Waals surface area (Å²) < 4.78 is 13.4. The number of hydrogen-bond acceptors (Lipinski definition) is 3. The number of benzene rings is 1. The largest absolute Gasteiger partial charge is 0.462 e. The standard InChI is InChI=1S/C22H23NO3/c1-3-5-15-26-21(17-11-7-6-8-12-17)20-16-18(22(24)25-4-2)19-13-9-10-14-23(19)20/h3,5-14,16,21H,4,15H2,1-2H3/b5-3+/t21-/m0/s1. The Hall–Kier alpha value is -2.85. The molecule has 0 saturated carbocycles. The maximum Gasteiger partial charge on any atom is 0.340 e. The molecular weight excluding hydrogens is 326 g/mol. The zero-order valence-corrected chi connectivity index (χ0v) is 15.1. The average molecular weight is 349 g/mol. The minimum absolute atomic E-state index is 0.287. The number of carbonyl (C=O) groups excluding carboxylic acids is 1. The van der Waals surface area contributed by atoms with Crippen molar-refractivity contribution in [3.05, 3.63) is 89.8 Å². The molecule has 0 aliphatic carbocycles. The zero-order chi connectivity index (χ0) is 18.4. The highest BCUT2D eigenvalue weighted by atomic mass is 16.5. The van der Waals surface area contributed by atoms with E-state index in [1.165, 1.54) is 0 Å². The van der Waals surface area contributed by atoms with Crippen LogP contribution in [0.2, 0.25) is 0 Å². The van der Waals surface area contributed by atoms with Crippen molar-refractivity contribution in [2.24, 2.45) is 0 Å². The maximum atomic E-state index is 12.4. The minimum Gasteiger partial charge on any atom is -0.462 e. The highest BCUT2D eigenvalue weighted by Crippen LogP contribution is 2.30. The van der Waals surface area contributed by atoms with E-state index in [9.17, 15) is 4.79 Å². The lowest BCUT2D eigenvalue weighted by molar-refractivity contribution is 0.0528. The van der Waals surface area contributed by atoms with E-state index in [1.807, 2.05) is 91.2 Å². The van der Waals surface area contributed by atoms with Gasteiger partial charge in [0.15, 0.2) is 0 Å². The van der Waals surface area contributed by atoms with Gasteiger partial charge in [-0.05, 0) is 37.6 Å². The molecule has 0 unspecified atom stereocenters. The number of fused-ring (bicyclic) bond motifs is 1. The van der Waals surface area contributed by atoms with Crippen LogP contribution in [-0.2, 0) is 9.47 Å². The van der Waals surface area contributed by atoms with E-state index in [4.69, 9.17) is 9.47 Å². The van der Waals surface area contributed by atoms with Crippen LogP contribution < -0.4 is 0 Å². The van der Waals surface area contributed by atoms with Gasteiger partial charge in [0, 0.05) is 6.20 Å². The first-order chi connectivity index (χ1) is 12.8. The number of aromatic nitrogens is 1. The third kappa shape index (κ3) is 3.70. The molecular formula is C22H23NO3. The van der Waals surface area contributed by atoms with Crippen molar-refractivity contribution < 1.29 is 14.3 Å². The molecule has 0 radical (unpaired) electrons. The Morgan fingerprint density at radius 1 is 1.15 bits per heavy atom. The van der Waals surface area contributed by atoms with Crippen molar-refractivity contribution in [3.63, 3.8) is 0 Å². The molecule has 0 spiro atoms. The van der Waals surface area contributed by atoms with E-state index in [0.29, 0.717) is 18.8 Å². The van der Waals surface area contributed by atoms with Gasteiger partial charge in [-0.15, -0.1) is 0 Å². The van der Waals surface area contributed by atoms with Crippen molar-refractivity contribution in [1.29, 1.82) is 0 Å². The summed E-state index contributed by atoms with van der Waals surface area (Å²) in [6.07, 6.45) is 5.59. The molecule has 2 heterocycles. The fourth-order valence-corrected chi connectivity index (χ4v) is 2.98. The summed E-state index contributed by atoms with van der Waals surface area (Å²) in [7, 11) is 0. The fourth-order valence-electron chi connectivity index (χ4n) is 2.98. The lowest BCUT2D eigenvalue weighted by Crippen LogP contribution is -2.09. The van der Waals surface area contributed by atoms with Crippen molar-refractivity contribution in [3.8, 4) is 0 Å². The van der Waals surface area contributed by atoms with Gasteiger partial charge in [0.2, 0.25) is 0 Å². The van der Waals surface area contributed by atoms with Gasteiger partial charge in [-0.25, -0.2) is 4.79 Å². The van der Waals surface area contributed by atoms with Crippen LogP contribution in [0.1, 0.15) is 41.6 Å². The molecule has 0 amide bonds. The highest BCUT2D eigenvalue weighted by molar-refractivity contribution is 5.97. The normalized spacial score (nSPS) is 12.5. The molecule has 134 valence electrons. The average Bonchev–Trinajstić information content (AvgIpc) is 3.06. The smallest absolute Gasteiger partial charge is 0.340 e. The number of nitrogens with zero attached hydrogens (tertiary/aromatic N) is 1. The Morgan fingerprint density at radius 3 is 2.65 bits per heavy atom. The Kier molecular flexibility index (Phi) is 5.87. The zero-order valence-electron chi connectivity index (χ0n) is 15.1. The molecule has 3 aromatic rings. The molecule has 0 aliphatic heterocycles. The molecule has 0 N–H and O–H groups in total. The van der Waals surface area contributed by atoms with Gasteiger partial charge in [-0.2, -0.15) is 0 Å². The molecule has 4 heteroatoms. The van der Waals surface area contributed by atoms with Crippen LogP contribution in [0.15, 0.2) is 72.9 Å². The predicted octanol–water partition coefficient (Wildman–Crippen LogP) is 4.80. The van der Waals surface area contributed by atoms with Crippen LogP contribution in [0.4, 0.5) is 0 Å². The van der Waals surface area contributed by atoms with E-state index in [0.717, 1.165) is 16.8 Å². The van der Waals surface area contributed by atoms with Crippen LogP contribution in [0, 0.1) is 0 Å². The molecule has 3 rings (SSSR count). The number of carbonyl (C=O) groups is 1. The highest BCUT2D eigenvalue weighted by Gasteiger charge is 2.23. The van der Waals surface area contributed by atoms with Crippen LogP contribution >= 0.6 is 0 Å². The van der Waals surface area contributed by atoms with Gasteiger partial charge in [0.05, 0.1) is 30.0 Å². The predicted molar refractivity (Wildman–Crippen MR) is 102 cm³/mol. The molecule has 1 atom stereocenters. The summed E-state index contributed by atoms with van der Waals surface area (Å²) in [6.45, 7) is 4.61. The van der Waals surface area contributed by atoms with Crippen molar-refractivity contribution in [2.75, 3.05) is 13.2 Å². The maximum absolute atomic E-state index is 12.4. The Morgan fingerprint density at radius 2 is 1.92 bits per heavy atom. The van der Waals surface area contributed by atoms with Crippen LogP contribution in [0.5, 0.6) is 0 Å². The van der Waals surface area contributed by atoms with Gasteiger partial charge in [0.25, 0.3) is 0 Å². The summed E-state index contributed by atoms with van der Waals surface area (Å²) in [5.74, 6) is -0.317. The van der Waals surface area contributed by atoms with Crippen LogP contribution in [-0.4, -0.2) is 23.6 Å². The minimum atomic E-state index is -0.317. The SMILES string of the molecule is C/C=C/CO[C@@H](c1ccccc1)c1cc(C(=O)OCC)c2ccccn12. The molecule has 26 heavy (non-hydrogen) atoms. The lowest BCUT2D eigenvalue weighted by Gasteiger charge is -2.18. The third-order valence-electron chi connectivity index (χ3n) is 4.17. The van der Waals surface area contributed by atoms with Crippen molar-refractivity contribution >= 4 is 11.5 Å². The van der Waals surface area contributed by atoms with Gasteiger partial charge in [-0.1, -0.05) is 48.6 Å². The number of allylic oxidation sites excluding steroid dienone is 1. The number of hydrogen-bond donors (Lipinski definition) is 0. The third-order valence-corrected chi connectivity index (χ3v) is 4.17. The summed E-state index contributed by atoms with van der Waals surface area (Å²) in [5, 5.41) is 0. The van der Waals surface area contributed by atoms with Crippen LogP contribution in [0.25, 0.3) is 5.52 Å². The first kappa shape index (κ1) is 18.0. The van der Waals surface area contributed by atoms with Gasteiger partial charge < -0.3 is 13.9 Å². The quantitative estimate of drug-likeness (QED) is 0.454. The molecule has 1 aromatic carbocycles. The fraction of sp³-hybridized carbons (Fsp3) is 0.227. The van der Waals surface area contributed by atoms with Crippen LogP contribution in [0.3, 0.4) is 0 Å². The van der Waals surface area contributed by atoms with Gasteiger partial charge >= 0.3 is 5.97 Å². The molecule has 0 fully saturated rings. The van der Waals surface area contributed by atoms with Gasteiger partial charge in [0.1, 0.15) is 6.10 Å². The van der Waals surface area contributed by atoms with E-state index in [2.05, 4.69) is 0 Å². The van der Waals surface area contributed by atoms with E-state index in [-0.39, 0.29) is 12.1 Å². The van der Waals surface area contributed by atoms with E-state index >= 15 is 0 Å². The number of rotatable bonds is 7.